The van der Waals surface area contributed by atoms with Crippen LogP contribution in [0, 0.1) is 22.9 Å². The molecule has 0 amide bonds. The minimum Gasteiger partial charge on any atom is -0.497 e. The second-order valence-electron chi connectivity index (χ2n) is 7.79. The van der Waals surface area contributed by atoms with E-state index in [0.717, 1.165) is 10.2 Å². The van der Waals surface area contributed by atoms with Gasteiger partial charge in [-0.25, -0.2) is 4.39 Å². The van der Waals surface area contributed by atoms with Gasteiger partial charge in [-0.1, -0.05) is 39.8 Å². The third-order valence-electron chi connectivity index (χ3n) is 5.29. The van der Waals surface area contributed by atoms with Crippen molar-refractivity contribution in [3.05, 3.63) is 104 Å². The number of hydrogen-bond donors (Lipinski definition) is 0. The van der Waals surface area contributed by atoms with E-state index in [1.165, 1.54) is 23.9 Å². The van der Waals surface area contributed by atoms with E-state index in [1.807, 2.05) is 35.8 Å². The van der Waals surface area contributed by atoms with Crippen LogP contribution in [0.5, 0.6) is 11.5 Å². The summed E-state index contributed by atoms with van der Waals surface area (Å²) in [7, 11) is 1.59. The van der Waals surface area contributed by atoms with Gasteiger partial charge in [0.25, 0.3) is 0 Å². The van der Waals surface area contributed by atoms with Crippen molar-refractivity contribution in [1.82, 2.24) is 14.8 Å². The van der Waals surface area contributed by atoms with Crippen molar-refractivity contribution < 1.29 is 18.8 Å². The average Bonchev–Trinajstić information content (AvgIpc) is 3.22. The Hall–Kier alpha value is -3.44. The van der Waals surface area contributed by atoms with Crippen molar-refractivity contribution in [3.63, 3.8) is 0 Å². The molecular formula is C25H22BrFN4O4S. The van der Waals surface area contributed by atoms with E-state index in [2.05, 4.69) is 26.1 Å². The van der Waals surface area contributed by atoms with Gasteiger partial charge in [-0.3, -0.25) is 14.7 Å². The van der Waals surface area contributed by atoms with Crippen LogP contribution in [-0.4, -0.2) is 33.3 Å². The van der Waals surface area contributed by atoms with Crippen LogP contribution in [0.3, 0.4) is 0 Å². The highest BCUT2D eigenvalue weighted by molar-refractivity contribution is 9.10. The normalized spacial score (nSPS) is 11.8. The number of nitro groups is 1. The number of aryl methyl sites for hydroxylation is 1. The van der Waals surface area contributed by atoms with Crippen molar-refractivity contribution >= 4 is 27.7 Å². The van der Waals surface area contributed by atoms with E-state index >= 15 is 0 Å². The first kappa shape index (κ1) is 25.6. The van der Waals surface area contributed by atoms with Gasteiger partial charge in [0.05, 0.1) is 7.11 Å². The highest BCUT2D eigenvalue weighted by Crippen LogP contribution is 2.41. The van der Waals surface area contributed by atoms with E-state index in [4.69, 9.17) is 9.47 Å². The SMILES string of the molecule is COc1ccc(-n2c(C)nnc2S[C@@H](C[N+](=O)[O-])c2cc(Br)ccc2OCc2cccc(F)c2)cc1. The first-order valence-electron chi connectivity index (χ1n) is 10.9. The molecule has 0 aliphatic carbocycles. The molecule has 0 fully saturated rings. The molecule has 0 saturated heterocycles. The predicted molar refractivity (Wildman–Crippen MR) is 138 cm³/mol. The molecule has 0 aliphatic heterocycles. The van der Waals surface area contributed by atoms with E-state index in [0.29, 0.717) is 33.6 Å². The molecule has 0 unspecified atom stereocenters. The van der Waals surface area contributed by atoms with Crippen LogP contribution in [0.25, 0.3) is 5.69 Å². The lowest BCUT2D eigenvalue weighted by Gasteiger charge is -2.18. The zero-order chi connectivity index (χ0) is 25.7. The summed E-state index contributed by atoms with van der Waals surface area (Å²) in [5, 5.41) is 20.0. The maximum Gasteiger partial charge on any atom is 0.220 e. The minimum absolute atomic E-state index is 0.114. The summed E-state index contributed by atoms with van der Waals surface area (Å²) in [6, 6.07) is 18.8. The van der Waals surface area contributed by atoms with E-state index in [9.17, 15) is 14.5 Å². The summed E-state index contributed by atoms with van der Waals surface area (Å²) >= 11 is 4.69. The fourth-order valence-electron chi connectivity index (χ4n) is 3.60. The number of hydrogen-bond acceptors (Lipinski definition) is 7. The van der Waals surface area contributed by atoms with Crippen LogP contribution in [0.4, 0.5) is 4.39 Å². The lowest BCUT2D eigenvalue weighted by Crippen LogP contribution is -2.13. The lowest BCUT2D eigenvalue weighted by atomic mass is 10.1. The lowest BCUT2D eigenvalue weighted by molar-refractivity contribution is -0.479. The average molecular weight is 573 g/mol. The van der Waals surface area contributed by atoms with Gasteiger partial charge in [-0.05, 0) is 67.1 Å². The van der Waals surface area contributed by atoms with Crippen molar-refractivity contribution in [2.75, 3.05) is 13.7 Å². The van der Waals surface area contributed by atoms with Crippen molar-refractivity contribution in [2.24, 2.45) is 0 Å². The summed E-state index contributed by atoms with van der Waals surface area (Å²) in [6.07, 6.45) is 0. The molecule has 0 spiro atoms. The predicted octanol–water partition coefficient (Wildman–Crippen LogP) is 6.18. The Labute approximate surface area is 219 Å². The second kappa shape index (κ2) is 11.5. The van der Waals surface area contributed by atoms with Crippen LogP contribution in [0.1, 0.15) is 22.2 Å². The molecular weight excluding hydrogens is 551 g/mol. The van der Waals surface area contributed by atoms with Gasteiger partial charge in [0.1, 0.15) is 35.0 Å². The molecule has 0 bridgehead atoms. The molecule has 1 heterocycles. The van der Waals surface area contributed by atoms with Gasteiger partial charge in [0, 0.05) is 20.6 Å². The summed E-state index contributed by atoms with van der Waals surface area (Å²) < 4.78 is 27.4. The van der Waals surface area contributed by atoms with Crippen molar-refractivity contribution in [3.8, 4) is 17.2 Å². The molecule has 3 aromatic carbocycles. The number of halogens is 2. The Morgan fingerprint density at radius 1 is 1.14 bits per heavy atom. The number of benzene rings is 3. The number of nitrogens with zero attached hydrogens (tertiary/aromatic N) is 4. The molecule has 0 aliphatic rings. The fraction of sp³-hybridized carbons (Fsp3) is 0.200. The zero-order valence-corrected chi connectivity index (χ0v) is 21.8. The fourth-order valence-corrected chi connectivity index (χ4v) is 5.17. The Morgan fingerprint density at radius 2 is 1.92 bits per heavy atom. The largest absolute Gasteiger partial charge is 0.497 e. The first-order chi connectivity index (χ1) is 17.3. The summed E-state index contributed by atoms with van der Waals surface area (Å²) in [4.78, 5) is 11.3. The van der Waals surface area contributed by atoms with E-state index < -0.39 is 5.25 Å². The van der Waals surface area contributed by atoms with Gasteiger partial charge in [-0.15, -0.1) is 10.2 Å². The summed E-state index contributed by atoms with van der Waals surface area (Å²) in [5.74, 6) is 1.45. The van der Waals surface area contributed by atoms with Crippen LogP contribution < -0.4 is 9.47 Å². The van der Waals surface area contributed by atoms with Gasteiger partial charge in [0.2, 0.25) is 6.54 Å². The smallest absolute Gasteiger partial charge is 0.220 e. The number of rotatable bonds is 10. The molecule has 0 N–H and O–H groups in total. The number of methoxy groups -OCH3 is 1. The summed E-state index contributed by atoms with van der Waals surface area (Å²) in [6.45, 7) is 1.56. The van der Waals surface area contributed by atoms with Gasteiger partial charge in [-0.2, -0.15) is 0 Å². The topological polar surface area (TPSA) is 92.3 Å². The number of thioether (sulfide) groups is 1. The van der Waals surface area contributed by atoms with E-state index in [1.54, 1.807) is 37.4 Å². The number of aromatic nitrogens is 3. The molecule has 0 radical (unpaired) electrons. The van der Waals surface area contributed by atoms with Gasteiger partial charge >= 0.3 is 0 Å². The molecule has 4 rings (SSSR count). The maximum absolute atomic E-state index is 13.6. The molecule has 1 aromatic heterocycles. The van der Waals surface area contributed by atoms with Crippen LogP contribution in [0.15, 0.2) is 76.4 Å². The second-order valence-corrected chi connectivity index (χ2v) is 9.87. The molecule has 11 heteroatoms. The Kier molecular flexibility index (Phi) is 8.21. The molecule has 1 atom stereocenters. The molecule has 8 nitrogen and oxygen atoms in total. The Morgan fingerprint density at radius 3 is 2.61 bits per heavy atom. The molecule has 0 saturated carbocycles. The van der Waals surface area contributed by atoms with Crippen molar-refractivity contribution in [2.45, 2.75) is 23.9 Å². The van der Waals surface area contributed by atoms with Crippen molar-refractivity contribution in [1.29, 1.82) is 0 Å². The molecule has 186 valence electrons. The molecule has 36 heavy (non-hydrogen) atoms. The standard InChI is InChI=1S/C25H22BrFN4O4S/c1-16-28-29-25(31(16)20-7-9-21(34-2)10-8-20)36-24(14-30(32)33)22-13-18(26)6-11-23(22)35-15-17-4-3-5-19(27)12-17/h3-13,24H,14-15H2,1-2H3/t24-/m0/s1. The van der Waals surface area contributed by atoms with Crippen LogP contribution in [-0.2, 0) is 6.61 Å². The molecule has 4 aromatic rings. The number of ether oxygens (including phenoxy) is 2. The van der Waals surface area contributed by atoms with Crippen LogP contribution >= 0.6 is 27.7 Å². The summed E-state index contributed by atoms with van der Waals surface area (Å²) in [5.41, 5.74) is 2.07. The zero-order valence-electron chi connectivity index (χ0n) is 19.4. The Balaban J connectivity index is 1.67. The monoisotopic (exact) mass is 572 g/mol. The first-order valence-corrected chi connectivity index (χ1v) is 12.5. The third kappa shape index (κ3) is 6.21. The highest BCUT2D eigenvalue weighted by atomic mass is 79.9. The van der Waals surface area contributed by atoms with Gasteiger partial charge in [0.15, 0.2) is 5.16 Å². The Bertz CT molecular complexity index is 1370. The van der Waals surface area contributed by atoms with Gasteiger partial charge < -0.3 is 9.47 Å². The third-order valence-corrected chi connectivity index (χ3v) is 6.95. The maximum atomic E-state index is 13.6. The minimum atomic E-state index is -0.638. The highest BCUT2D eigenvalue weighted by Gasteiger charge is 2.27. The van der Waals surface area contributed by atoms with Crippen LogP contribution in [0.2, 0.25) is 0 Å². The quantitative estimate of drug-likeness (QED) is 0.127. The van der Waals surface area contributed by atoms with E-state index in [-0.39, 0.29) is 23.9 Å².